The van der Waals surface area contributed by atoms with Gasteiger partial charge in [-0.2, -0.15) is 0 Å². The molecule has 1 heterocycles. The molecule has 1 aromatic rings. The van der Waals surface area contributed by atoms with Crippen molar-refractivity contribution in [2.45, 2.75) is 95.1 Å². The van der Waals surface area contributed by atoms with E-state index in [2.05, 4.69) is 22.3 Å². The molecule has 0 aromatic carbocycles. The lowest BCUT2D eigenvalue weighted by molar-refractivity contribution is -0.121. The summed E-state index contributed by atoms with van der Waals surface area (Å²) in [6.45, 7) is 0. The number of nitrogens with zero attached hydrogens (tertiary/aromatic N) is 2. The molecule has 0 spiro atoms. The van der Waals surface area contributed by atoms with E-state index in [1.165, 1.54) is 64.2 Å². The van der Waals surface area contributed by atoms with Gasteiger partial charge in [0.25, 0.3) is 0 Å². The van der Waals surface area contributed by atoms with Crippen LogP contribution in [0.1, 0.15) is 82.7 Å². The second-order valence-electron chi connectivity index (χ2n) is 10.3. The fourth-order valence-corrected chi connectivity index (χ4v) is 7.94. The maximum absolute atomic E-state index is 12.6. The van der Waals surface area contributed by atoms with Crippen molar-refractivity contribution in [3.63, 3.8) is 0 Å². The van der Waals surface area contributed by atoms with Crippen molar-refractivity contribution in [1.29, 1.82) is 0 Å². The van der Waals surface area contributed by atoms with E-state index < -0.39 is 0 Å². The number of nitrogens with one attached hydrogen (secondary N) is 1. The average Bonchev–Trinajstić information content (AvgIpc) is 2.83. The summed E-state index contributed by atoms with van der Waals surface area (Å²) < 4.78 is 2.19. The van der Waals surface area contributed by atoms with Gasteiger partial charge in [0.2, 0.25) is 5.91 Å². The number of rotatable bonds is 4. The molecule has 29 heavy (non-hydrogen) atoms. The molecular formula is C23H36ClN3OS. The van der Waals surface area contributed by atoms with E-state index in [1.807, 2.05) is 0 Å². The minimum Gasteiger partial charge on any atom is -0.353 e. The molecule has 4 bridgehead atoms. The van der Waals surface area contributed by atoms with Crippen LogP contribution in [0.4, 0.5) is 0 Å². The van der Waals surface area contributed by atoms with Crippen molar-refractivity contribution >= 4 is 29.7 Å². The van der Waals surface area contributed by atoms with E-state index in [0.29, 0.717) is 12.5 Å². The first-order chi connectivity index (χ1) is 13.6. The molecule has 0 radical (unpaired) electrons. The standard InChI is InChI=1S/C23H35N3OS.ClH/c1-26-20(11-21(27)24-19-6-4-2-3-5-7-19)15-28-22(26)25-23-12-16-8-17(13-23)10-18(9-16)14-23;/h15-19H,2-14H2,1H3,(H,24,27);1H. The van der Waals surface area contributed by atoms with Crippen LogP contribution in [0.5, 0.6) is 0 Å². The van der Waals surface area contributed by atoms with Crippen molar-refractivity contribution in [1.82, 2.24) is 9.88 Å². The summed E-state index contributed by atoms with van der Waals surface area (Å²) in [5.41, 5.74) is 1.32. The van der Waals surface area contributed by atoms with Crippen LogP contribution in [-0.4, -0.2) is 22.1 Å². The van der Waals surface area contributed by atoms with E-state index in [1.54, 1.807) is 11.3 Å². The van der Waals surface area contributed by atoms with Gasteiger partial charge in [-0.05, 0) is 69.1 Å². The number of amides is 1. The second kappa shape index (κ2) is 8.74. The topological polar surface area (TPSA) is 46.4 Å². The zero-order chi connectivity index (χ0) is 19.1. The van der Waals surface area contributed by atoms with Crippen molar-refractivity contribution in [3.05, 3.63) is 15.9 Å². The van der Waals surface area contributed by atoms with E-state index in [0.717, 1.165) is 41.1 Å². The lowest BCUT2D eigenvalue weighted by Gasteiger charge is -2.54. The van der Waals surface area contributed by atoms with Crippen LogP contribution in [0.3, 0.4) is 0 Å². The molecule has 1 N–H and O–H groups in total. The average molecular weight is 438 g/mol. The highest BCUT2D eigenvalue weighted by Crippen LogP contribution is 2.57. The molecule has 5 aliphatic carbocycles. The Morgan fingerprint density at radius 3 is 2.28 bits per heavy atom. The molecular weight excluding hydrogens is 402 g/mol. The summed E-state index contributed by atoms with van der Waals surface area (Å²) in [7, 11) is 2.10. The maximum Gasteiger partial charge on any atom is 0.226 e. The van der Waals surface area contributed by atoms with Gasteiger partial charge in [0.15, 0.2) is 4.80 Å². The van der Waals surface area contributed by atoms with Gasteiger partial charge in [-0.15, -0.1) is 23.7 Å². The van der Waals surface area contributed by atoms with Crippen LogP contribution in [0, 0.1) is 17.8 Å². The molecule has 0 atom stereocenters. The highest BCUT2D eigenvalue weighted by atomic mass is 35.5. The first kappa shape index (κ1) is 21.4. The SMILES string of the molecule is Cl.Cn1c(CC(=O)NC2CCCCCC2)csc1=NC12CC3CC(CC(C3)C1)C2. The molecule has 5 aliphatic rings. The molecule has 6 heteroatoms. The molecule has 5 saturated carbocycles. The van der Waals surface area contributed by atoms with Gasteiger partial charge in [0.05, 0.1) is 12.0 Å². The van der Waals surface area contributed by atoms with Crippen molar-refractivity contribution in [3.8, 4) is 0 Å². The number of hydrogen-bond donors (Lipinski definition) is 1. The Bertz CT molecular complexity index is 755. The normalized spacial score (nSPS) is 34.7. The van der Waals surface area contributed by atoms with Crippen LogP contribution in [0.15, 0.2) is 10.4 Å². The summed E-state index contributed by atoms with van der Waals surface area (Å²) in [6.07, 6.45) is 16.2. The Labute approximate surface area is 185 Å². The van der Waals surface area contributed by atoms with Gasteiger partial charge >= 0.3 is 0 Å². The number of carbonyl (C=O) groups excluding carboxylic acids is 1. The molecule has 4 nitrogen and oxygen atoms in total. The fraction of sp³-hybridized carbons (Fsp3) is 0.826. The van der Waals surface area contributed by atoms with E-state index >= 15 is 0 Å². The Morgan fingerprint density at radius 1 is 1.10 bits per heavy atom. The Morgan fingerprint density at radius 2 is 1.69 bits per heavy atom. The molecule has 1 amide bonds. The monoisotopic (exact) mass is 437 g/mol. The van der Waals surface area contributed by atoms with Crippen LogP contribution in [-0.2, 0) is 18.3 Å². The smallest absolute Gasteiger partial charge is 0.226 e. The van der Waals surface area contributed by atoms with Gasteiger partial charge in [-0.1, -0.05) is 25.7 Å². The lowest BCUT2D eigenvalue weighted by Crippen LogP contribution is -2.50. The van der Waals surface area contributed by atoms with Crippen molar-refractivity contribution < 1.29 is 4.79 Å². The zero-order valence-corrected chi connectivity index (χ0v) is 19.3. The number of carbonyl (C=O) groups is 1. The summed E-state index contributed by atoms with van der Waals surface area (Å²) in [5, 5.41) is 5.45. The van der Waals surface area contributed by atoms with Crippen molar-refractivity contribution in [2.75, 3.05) is 0 Å². The van der Waals surface area contributed by atoms with Crippen LogP contribution in [0.2, 0.25) is 0 Å². The molecule has 6 rings (SSSR count). The number of halogens is 1. The first-order valence-corrected chi connectivity index (χ1v) is 12.5. The molecule has 0 aliphatic heterocycles. The number of aromatic nitrogens is 1. The fourth-order valence-electron chi connectivity index (χ4n) is 6.93. The predicted molar refractivity (Wildman–Crippen MR) is 120 cm³/mol. The molecule has 162 valence electrons. The van der Waals surface area contributed by atoms with Crippen LogP contribution < -0.4 is 10.1 Å². The van der Waals surface area contributed by atoms with Crippen molar-refractivity contribution in [2.24, 2.45) is 29.8 Å². The predicted octanol–water partition coefficient (Wildman–Crippen LogP) is 4.76. The quantitative estimate of drug-likeness (QED) is 0.678. The Hall–Kier alpha value is -0.810. The third-order valence-electron chi connectivity index (χ3n) is 7.92. The highest BCUT2D eigenvalue weighted by Gasteiger charge is 2.51. The van der Waals surface area contributed by atoms with E-state index in [4.69, 9.17) is 4.99 Å². The first-order valence-electron chi connectivity index (χ1n) is 11.6. The summed E-state index contributed by atoms with van der Waals surface area (Å²) in [5.74, 6) is 2.95. The van der Waals surface area contributed by atoms with E-state index in [9.17, 15) is 4.79 Å². The van der Waals surface area contributed by atoms with Gasteiger partial charge in [-0.25, -0.2) is 0 Å². The Kier molecular flexibility index (Phi) is 6.46. The minimum atomic E-state index is 0. The van der Waals surface area contributed by atoms with Gasteiger partial charge < -0.3 is 9.88 Å². The largest absolute Gasteiger partial charge is 0.353 e. The summed E-state index contributed by atoms with van der Waals surface area (Å²) >= 11 is 1.73. The van der Waals surface area contributed by atoms with Gasteiger partial charge in [-0.3, -0.25) is 9.79 Å². The molecule has 5 fully saturated rings. The lowest BCUT2D eigenvalue weighted by atomic mass is 9.53. The molecule has 0 saturated heterocycles. The third-order valence-corrected chi connectivity index (χ3v) is 8.88. The number of hydrogen-bond acceptors (Lipinski definition) is 3. The van der Waals surface area contributed by atoms with Gasteiger partial charge in [0, 0.05) is 24.2 Å². The summed E-state index contributed by atoms with van der Waals surface area (Å²) in [6, 6.07) is 0.384. The Balaban J connectivity index is 0.00000205. The zero-order valence-electron chi connectivity index (χ0n) is 17.7. The van der Waals surface area contributed by atoms with E-state index in [-0.39, 0.29) is 23.9 Å². The molecule has 1 aromatic heterocycles. The third kappa shape index (κ3) is 4.61. The molecule has 0 unspecified atom stereocenters. The second-order valence-corrected chi connectivity index (χ2v) is 11.1. The summed E-state index contributed by atoms with van der Waals surface area (Å²) in [4.78, 5) is 19.1. The van der Waals surface area contributed by atoms with Crippen LogP contribution in [0.25, 0.3) is 0 Å². The number of thiazole rings is 1. The highest BCUT2D eigenvalue weighted by molar-refractivity contribution is 7.07. The van der Waals surface area contributed by atoms with Gasteiger partial charge in [0.1, 0.15) is 0 Å². The minimum absolute atomic E-state index is 0. The van der Waals surface area contributed by atoms with Crippen LogP contribution >= 0.6 is 23.7 Å². The maximum atomic E-state index is 12.6.